The number of carbonyl (C=O) groups is 2. The van der Waals surface area contributed by atoms with E-state index in [2.05, 4.69) is 4.98 Å². The van der Waals surface area contributed by atoms with E-state index >= 15 is 0 Å². The number of thioether (sulfide) groups is 1. The van der Waals surface area contributed by atoms with Crippen LogP contribution in [0.3, 0.4) is 0 Å². The Bertz CT molecular complexity index is 1010. The summed E-state index contributed by atoms with van der Waals surface area (Å²) in [6.45, 7) is 3.81. The highest BCUT2D eigenvalue weighted by molar-refractivity contribution is 8.00. The fourth-order valence-corrected chi connectivity index (χ4v) is 6.08. The molecule has 0 saturated carbocycles. The van der Waals surface area contributed by atoms with Crippen LogP contribution in [-0.2, 0) is 21.7 Å². The van der Waals surface area contributed by atoms with Gasteiger partial charge in [-0.3, -0.25) is 4.79 Å². The Morgan fingerprint density at radius 1 is 1.33 bits per heavy atom. The molecular weight excluding hydrogens is 407 g/mol. The highest BCUT2D eigenvalue weighted by atomic mass is 32.2. The molecule has 0 aliphatic rings. The first kappa shape index (κ1) is 19.8. The van der Waals surface area contributed by atoms with Crippen molar-refractivity contribution in [2.45, 2.75) is 30.4 Å². The molecule has 0 unspecified atom stereocenters. The van der Waals surface area contributed by atoms with Gasteiger partial charge in [0.25, 0.3) is 0 Å². The molecule has 1 amide bonds. The summed E-state index contributed by atoms with van der Waals surface area (Å²) >= 11 is 4.02. The Labute approximate surface area is 167 Å². The van der Waals surface area contributed by atoms with Crippen LogP contribution in [0.5, 0.6) is 0 Å². The van der Waals surface area contributed by atoms with Gasteiger partial charge in [0, 0.05) is 20.7 Å². The van der Waals surface area contributed by atoms with Gasteiger partial charge in [0.1, 0.15) is 10.7 Å². The molecule has 0 radical (unpaired) electrons. The molecule has 0 fully saturated rings. The molecule has 0 aliphatic heterocycles. The summed E-state index contributed by atoms with van der Waals surface area (Å²) < 4.78 is 21.0. The standard InChI is InChI=1S/C18H17FN2O3S3/c1-3-24-17(23)16-10(15-11(19)5-4-6-12(15)26-16)8-25-18-21-9(2)13(27-18)7-14(20)22/h4-6H,3,7-8H2,1-2H3,(H2,20,22). The maximum atomic E-state index is 14.4. The van der Waals surface area contributed by atoms with Crippen molar-refractivity contribution in [2.75, 3.05) is 6.61 Å². The molecular formula is C18H17FN2O3S3. The number of aryl methyl sites for hydroxylation is 1. The molecule has 2 N–H and O–H groups in total. The highest BCUT2D eigenvalue weighted by Crippen LogP contribution is 2.38. The number of primary amides is 1. The van der Waals surface area contributed by atoms with E-state index in [4.69, 9.17) is 10.5 Å². The number of nitrogens with two attached hydrogens (primary N) is 1. The van der Waals surface area contributed by atoms with E-state index in [1.165, 1.54) is 40.5 Å². The first-order valence-corrected chi connectivity index (χ1v) is 10.8. The van der Waals surface area contributed by atoms with E-state index in [0.29, 0.717) is 26.3 Å². The molecule has 0 aliphatic carbocycles. The summed E-state index contributed by atoms with van der Waals surface area (Å²) in [5.74, 6) is -0.843. The Balaban J connectivity index is 1.93. The van der Waals surface area contributed by atoms with Crippen molar-refractivity contribution in [1.29, 1.82) is 0 Å². The van der Waals surface area contributed by atoms with Gasteiger partial charge >= 0.3 is 5.97 Å². The minimum Gasteiger partial charge on any atom is -0.462 e. The Morgan fingerprint density at radius 3 is 2.81 bits per heavy atom. The third-order valence-corrected chi connectivity index (χ3v) is 7.28. The van der Waals surface area contributed by atoms with Crippen molar-refractivity contribution in [1.82, 2.24) is 4.98 Å². The van der Waals surface area contributed by atoms with Crippen LogP contribution in [-0.4, -0.2) is 23.5 Å². The largest absolute Gasteiger partial charge is 0.462 e. The van der Waals surface area contributed by atoms with Crippen LogP contribution in [0.2, 0.25) is 0 Å². The zero-order valence-corrected chi connectivity index (χ0v) is 17.2. The Kier molecular flexibility index (Phi) is 6.13. The molecule has 2 heterocycles. The normalized spacial score (nSPS) is 11.1. The number of fused-ring (bicyclic) bond motifs is 1. The average Bonchev–Trinajstić information content (AvgIpc) is 3.14. The van der Waals surface area contributed by atoms with Gasteiger partial charge in [0.15, 0.2) is 4.34 Å². The second-order valence-electron chi connectivity index (χ2n) is 5.66. The number of thiazole rings is 1. The van der Waals surface area contributed by atoms with Crippen LogP contribution < -0.4 is 5.73 Å². The van der Waals surface area contributed by atoms with E-state index in [1.807, 2.05) is 6.92 Å². The first-order chi connectivity index (χ1) is 12.9. The minimum atomic E-state index is -0.446. The number of hydrogen-bond acceptors (Lipinski definition) is 7. The predicted molar refractivity (Wildman–Crippen MR) is 107 cm³/mol. The van der Waals surface area contributed by atoms with Gasteiger partial charge in [-0.2, -0.15) is 0 Å². The van der Waals surface area contributed by atoms with Gasteiger partial charge < -0.3 is 10.5 Å². The molecule has 9 heteroatoms. The third-order valence-electron chi connectivity index (χ3n) is 3.77. The number of esters is 1. The topological polar surface area (TPSA) is 82.3 Å². The van der Waals surface area contributed by atoms with E-state index in [1.54, 1.807) is 19.1 Å². The van der Waals surface area contributed by atoms with E-state index in [9.17, 15) is 14.0 Å². The summed E-state index contributed by atoms with van der Waals surface area (Å²) in [5.41, 5.74) is 6.63. The second-order valence-corrected chi connectivity index (χ2v) is 9.02. The first-order valence-electron chi connectivity index (χ1n) is 8.15. The number of thiophene rings is 1. The number of carbonyl (C=O) groups excluding carboxylic acids is 2. The van der Waals surface area contributed by atoms with Gasteiger partial charge in [-0.1, -0.05) is 17.8 Å². The van der Waals surface area contributed by atoms with E-state index in [-0.39, 0.29) is 18.8 Å². The molecule has 5 nitrogen and oxygen atoms in total. The highest BCUT2D eigenvalue weighted by Gasteiger charge is 2.22. The van der Waals surface area contributed by atoms with Gasteiger partial charge in [-0.25, -0.2) is 14.2 Å². The van der Waals surface area contributed by atoms with Crippen LogP contribution in [0.25, 0.3) is 10.1 Å². The van der Waals surface area contributed by atoms with Crippen LogP contribution >= 0.6 is 34.4 Å². The molecule has 3 rings (SSSR count). The average molecular weight is 425 g/mol. The number of hydrogen-bond donors (Lipinski definition) is 1. The molecule has 3 aromatic rings. The number of amides is 1. The number of nitrogens with zero attached hydrogens (tertiary/aromatic N) is 1. The second kappa shape index (κ2) is 8.37. The van der Waals surface area contributed by atoms with Gasteiger partial charge in [-0.15, -0.1) is 22.7 Å². The smallest absolute Gasteiger partial charge is 0.348 e. The number of benzene rings is 1. The zero-order valence-electron chi connectivity index (χ0n) is 14.7. The van der Waals surface area contributed by atoms with E-state index in [0.717, 1.165) is 14.9 Å². The summed E-state index contributed by atoms with van der Waals surface area (Å²) in [6.07, 6.45) is 0.147. The van der Waals surface area contributed by atoms with Crippen molar-refractivity contribution in [3.05, 3.63) is 45.0 Å². The molecule has 1 aromatic carbocycles. The summed E-state index contributed by atoms with van der Waals surface area (Å²) in [4.78, 5) is 29.1. The third kappa shape index (κ3) is 4.31. The van der Waals surface area contributed by atoms with Crippen molar-refractivity contribution < 1.29 is 18.7 Å². The van der Waals surface area contributed by atoms with Crippen LogP contribution in [0.1, 0.15) is 32.7 Å². The quantitative estimate of drug-likeness (QED) is 0.452. The predicted octanol–water partition coefficient (Wildman–Crippen LogP) is 4.30. The van der Waals surface area contributed by atoms with Gasteiger partial charge in [0.2, 0.25) is 5.91 Å². The molecule has 0 atom stereocenters. The molecule has 0 spiro atoms. The molecule has 2 aromatic heterocycles. The van der Waals surface area contributed by atoms with Crippen molar-refractivity contribution in [3.63, 3.8) is 0 Å². The summed E-state index contributed by atoms with van der Waals surface area (Å²) in [5, 5.41) is 0.448. The van der Waals surface area contributed by atoms with Crippen LogP contribution in [0.15, 0.2) is 22.5 Å². The summed E-state index contributed by atoms with van der Waals surface area (Å²) in [7, 11) is 0. The van der Waals surface area contributed by atoms with Crippen molar-refractivity contribution in [3.8, 4) is 0 Å². The van der Waals surface area contributed by atoms with Crippen molar-refractivity contribution >= 4 is 56.4 Å². The fourth-order valence-electron chi connectivity index (χ4n) is 2.59. The van der Waals surface area contributed by atoms with Gasteiger partial charge in [0.05, 0.1) is 18.7 Å². The lowest BCUT2D eigenvalue weighted by Crippen LogP contribution is -2.13. The molecule has 27 heavy (non-hydrogen) atoms. The SMILES string of the molecule is CCOC(=O)c1sc2cccc(F)c2c1CSc1nc(C)c(CC(N)=O)s1. The monoisotopic (exact) mass is 424 g/mol. The lowest BCUT2D eigenvalue weighted by Gasteiger charge is -2.04. The van der Waals surface area contributed by atoms with Crippen LogP contribution in [0, 0.1) is 12.7 Å². The molecule has 0 saturated heterocycles. The summed E-state index contributed by atoms with van der Waals surface area (Å²) in [6, 6.07) is 4.80. The molecule has 0 bridgehead atoms. The maximum absolute atomic E-state index is 14.4. The fraction of sp³-hybridized carbons (Fsp3) is 0.278. The van der Waals surface area contributed by atoms with Gasteiger partial charge in [-0.05, 0) is 31.5 Å². The minimum absolute atomic E-state index is 0.147. The Morgan fingerprint density at radius 2 is 2.11 bits per heavy atom. The van der Waals surface area contributed by atoms with Crippen LogP contribution in [0.4, 0.5) is 4.39 Å². The zero-order chi connectivity index (χ0) is 19.6. The number of aromatic nitrogens is 1. The maximum Gasteiger partial charge on any atom is 0.348 e. The lowest BCUT2D eigenvalue weighted by molar-refractivity contribution is -0.117. The Hall–Kier alpha value is -1.97. The number of ether oxygens (including phenoxy) is 1. The number of rotatable bonds is 7. The van der Waals surface area contributed by atoms with Crippen molar-refractivity contribution in [2.24, 2.45) is 5.73 Å². The number of halogens is 1. The van der Waals surface area contributed by atoms with E-state index < -0.39 is 11.9 Å². The molecule has 142 valence electrons. The lowest BCUT2D eigenvalue weighted by atomic mass is 10.1.